The van der Waals surface area contributed by atoms with Gasteiger partial charge in [-0.25, -0.2) is 10.1 Å². The fourth-order valence-electron chi connectivity index (χ4n) is 2.96. The van der Waals surface area contributed by atoms with Gasteiger partial charge in [-0.05, 0) is 30.3 Å². The highest BCUT2D eigenvalue weighted by Gasteiger charge is 2.11. The molecule has 1 aromatic heterocycles. The first-order chi connectivity index (χ1) is 15.6. The van der Waals surface area contributed by atoms with E-state index >= 15 is 0 Å². The van der Waals surface area contributed by atoms with E-state index in [1.54, 1.807) is 29.1 Å². The van der Waals surface area contributed by atoms with Gasteiger partial charge in [0, 0.05) is 22.3 Å². The third-order valence-electron chi connectivity index (χ3n) is 4.46. The Kier molecular flexibility index (Phi) is 6.84. The van der Waals surface area contributed by atoms with Gasteiger partial charge >= 0.3 is 0 Å². The van der Waals surface area contributed by atoms with Crippen molar-refractivity contribution in [1.82, 2.24) is 15.2 Å². The van der Waals surface area contributed by atoms with Gasteiger partial charge in [-0.1, -0.05) is 71.7 Å². The number of halogens is 2. The van der Waals surface area contributed by atoms with Crippen LogP contribution in [0.5, 0.6) is 5.75 Å². The molecule has 0 bridgehead atoms. The van der Waals surface area contributed by atoms with Crippen LogP contribution in [0.2, 0.25) is 10.0 Å². The maximum atomic E-state index is 12.1. The van der Waals surface area contributed by atoms with Crippen molar-refractivity contribution < 1.29 is 9.53 Å². The van der Waals surface area contributed by atoms with Crippen molar-refractivity contribution in [3.8, 4) is 22.7 Å². The lowest BCUT2D eigenvalue weighted by Crippen LogP contribution is -2.24. The summed E-state index contributed by atoms with van der Waals surface area (Å²) in [4.78, 5) is 12.1. The van der Waals surface area contributed by atoms with Crippen LogP contribution in [-0.2, 0) is 4.79 Å². The van der Waals surface area contributed by atoms with Crippen LogP contribution in [0, 0.1) is 0 Å². The van der Waals surface area contributed by atoms with Gasteiger partial charge in [0.2, 0.25) is 0 Å². The molecule has 1 amide bonds. The minimum absolute atomic E-state index is 0.243. The van der Waals surface area contributed by atoms with E-state index in [0.717, 1.165) is 22.5 Å². The minimum Gasteiger partial charge on any atom is -0.482 e. The molecule has 6 nitrogen and oxygen atoms in total. The van der Waals surface area contributed by atoms with Gasteiger partial charge in [-0.2, -0.15) is 10.2 Å². The number of nitrogens with zero attached hydrogens (tertiary/aromatic N) is 3. The third kappa shape index (κ3) is 5.35. The topological polar surface area (TPSA) is 68.5 Å². The van der Waals surface area contributed by atoms with Crippen molar-refractivity contribution in [3.63, 3.8) is 0 Å². The minimum atomic E-state index is -0.427. The summed E-state index contributed by atoms with van der Waals surface area (Å²) in [5.41, 5.74) is 5.82. The fourth-order valence-corrected chi connectivity index (χ4v) is 3.42. The van der Waals surface area contributed by atoms with E-state index in [4.69, 9.17) is 33.0 Å². The molecule has 0 fully saturated rings. The van der Waals surface area contributed by atoms with Crippen molar-refractivity contribution in [2.75, 3.05) is 6.61 Å². The molecular formula is C24H18Cl2N4O2. The number of benzene rings is 3. The number of hydrogen-bond donors (Lipinski definition) is 1. The molecule has 160 valence electrons. The summed E-state index contributed by atoms with van der Waals surface area (Å²) < 4.78 is 7.19. The van der Waals surface area contributed by atoms with E-state index in [9.17, 15) is 4.79 Å². The van der Waals surface area contributed by atoms with E-state index in [0.29, 0.717) is 15.8 Å². The van der Waals surface area contributed by atoms with Gasteiger partial charge in [-0.3, -0.25) is 4.79 Å². The normalized spacial score (nSPS) is 10.9. The SMILES string of the molecule is O=C(COc1ccc(Cl)cc1Cl)N/N=C/c1cn(-c2ccccc2)nc1-c1ccccc1. The molecule has 0 unspecified atom stereocenters. The molecule has 1 N–H and O–H groups in total. The Balaban J connectivity index is 1.47. The number of amides is 1. The maximum absolute atomic E-state index is 12.1. The van der Waals surface area contributed by atoms with Crippen LogP contribution in [0.3, 0.4) is 0 Å². The van der Waals surface area contributed by atoms with Gasteiger partial charge in [-0.15, -0.1) is 0 Å². The molecule has 0 saturated heterocycles. The van der Waals surface area contributed by atoms with Crippen LogP contribution in [-0.4, -0.2) is 28.5 Å². The molecule has 4 rings (SSSR count). The summed E-state index contributed by atoms with van der Waals surface area (Å²) in [5, 5.41) is 9.59. The average molecular weight is 465 g/mol. The number of aromatic nitrogens is 2. The van der Waals surface area contributed by atoms with E-state index in [1.807, 2.05) is 66.9 Å². The zero-order valence-corrected chi connectivity index (χ0v) is 18.3. The van der Waals surface area contributed by atoms with Crippen LogP contribution < -0.4 is 10.2 Å². The second-order valence-corrected chi connectivity index (χ2v) is 7.58. The van der Waals surface area contributed by atoms with Crippen molar-refractivity contribution in [1.29, 1.82) is 0 Å². The molecule has 0 atom stereocenters. The molecule has 0 radical (unpaired) electrons. The summed E-state index contributed by atoms with van der Waals surface area (Å²) in [6.07, 6.45) is 3.42. The first-order valence-electron chi connectivity index (χ1n) is 9.70. The molecule has 4 aromatic rings. The van der Waals surface area contributed by atoms with Gasteiger partial charge < -0.3 is 4.74 Å². The highest BCUT2D eigenvalue weighted by molar-refractivity contribution is 6.35. The largest absolute Gasteiger partial charge is 0.482 e. The summed E-state index contributed by atoms with van der Waals surface area (Å²) in [5.74, 6) is -0.0605. The third-order valence-corrected chi connectivity index (χ3v) is 4.99. The lowest BCUT2D eigenvalue weighted by molar-refractivity contribution is -0.123. The Hall–Kier alpha value is -3.61. The summed E-state index contributed by atoms with van der Waals surface area (Å²) in [7, 11) is 0. The van der Waals surface area contributed by atoms with Crippen LogP contribution >= 0.6 is 23.2 Å². The first kappa shape index (κ1) is 21.6. The predicted molar refractivity (Wildman–Crippen MR) is 127 cm³/mol. The number of ether oxygens (including phenoxy) is 1. The number of carbonyl (C=O) groups is 1. The summed E-state index contributed by atoms with van der Waals surface area (Å²) in [6.45, 7) is -0.243. The van der Waals surface area contributed by atoms with E-state index in [2.05, 4.69) is 10.5 Å². The van der Waals surface area contributed by atoms with Crippen LogP contribution in [0.25, 0.3) is 16.9 Å². The molecule has 0 aliphatic rings. The number of hydrazone groups is 1. The molecular weight excluding hydrogens is 447 g/mol. The van der Waals surface area contributed by atoms with Crippen molar-refractivity contribution >= 4 is 35.3 Å². The standard InChI is InChI=1S/C24H18Cl2N4O2/c25-19-11-12-22(21(26)13-19)32-16-23(31)28-27-14-18-15-30(20-9-5-2-6-10-20)29-24(18)17-7-3-1-4-8-17/h1-15H,16H2,(H,28,31)/b27-14+. The second kappa shape index (κ2) is 10.1. The number of para-hydroxylation sites is 1. The smallest absolute Gasteiger partial charge is 0.277 e. The van der Waals surface area contributed by atoms with Crippen molar-refractivity contribution in [2.45, 2.75) is 0 Å². The lowest BCUT2D eigenvalue weighted by Gasteiger charge is -2.06. The maximum Gasteiger partial charge on any atom is 0.277 e. The van der Waals surface area contributed by atoms with Gasteiger partial charge in [0.15, 0.2) is 6.61 Å². The highest BCUT2D eigenvalue weighted by atomic mass is 35.5. The summed E-state index contributed by atoms with van der Waals surface area (Å²) in [6, 6.07) is 24.3. The van der Waals surface area contributed by atoms with Gasteiger partial charge in [0.25, 0.3) is 5.91 Å². The monoisotopic (exact) mass is 464 g/mol. The predicted octanol–water partition coefficient (Wildman–Crippen LogP) is 5.38. The highest BCUT2D eigenvalue weighted by Crippen LogP contribution is 2.27. The number of rotatable bonds is 7. The zero-order valence-electron chi connectivity index (χ0n) is 16.8. The number of nitrogens with one attached hydrogen (secondary N) is 1. The molecule has 0 aliphatic carbocycles. The molecule has 0 spiro atoms. The Morgan fingerprint density at radius 2 is 1.75 bits per heavy atom. The Labute approximate surface area is 195 Å². The Morgan fingerprint density at radius 3 is 2.47 bits per heavy atom. The Morgan fingerprint density at radius 1 is 1.03 bits per heavy atom. The van der Waals surface area contributed by atoms with Crippen LogP contribution in [0.15, 0.2) is 90.2 Å². The van der Waals surface area contributed by atoms with Crippen molar-refractivity contribution in [3.05, 3.63) is 101 Å². The quantitative estimate of drug-likeness (QED) is 0.295. The van der Waals surface area contributed by atoms with Crippen LogP contribution in [0.1, 0.15) is 5.56 Å². The average Bonchev–Trinajstić information content (AvgIpc) is 3.24. The molecule has 1 heterocycles. The molecule has 0 saturated carbocycles. The van der Waals surface area contributed by atoms with Gasteiger partial charge in [0.1, 0.15) is 11.4 Å². The second-order valence-electron chi connectivity index (χ2n) is 6.74. The number of carbonyl (C=O) groups excluding carboxylic acids is 1. The summed E-state index contributed by atoms with van der Waals surface area (Å²) >= 11 is 11.9. The molecule has 3 aromatic carbocycles. The van der Waals surface area contributed by atoms with Crippen LogP contribution in [0.4, 0.5) is 0 Å². The Bertz CT molecular complexity index is 1240. The van der Waals surface area contributed by atoms with E-state index in [1.165, 1.54) is 0 Å². The fraction of sp³-hybridized carbons (Fsp3) is 0.0417. The molecule has 32 heavy (non-hydrogen) atoms. The number of hydrogen-bond acceptors (Lipinski definition) is 4. The molecule has 0 aliphatic heterocycles. The van der Waals surface area contributed by atoms with E-state index < -0.39 is 5.91 Å². The first-order valence-corrected chi connectivity index (χ1v) is 10.5. The van der Waals surface area contributed by atoms with E-state index in [-0.39, 0.29) is 6.61 Å². The van der Waals surface area contributed by atoms with Crippen molar-refractivity contribution in [2.24, 2.45) is 5.10 Å². The molecule has 8 heteroatoms. The lowest BCUT2D eigenvalue weighted by atomic mass is 10.1. The van der Waals surface area contributed by atoms with Gasteiger partial charge in [0.05, 0.1) is 16.9 Å². The zero-order chi connectivity index (χ0) is 22.3.